The Hall–Kier alpha value is -2.16. The third-order valence-electron chi connectivity index (χ3n) is 4.50. The third-order valence-corrected chi connectivity index (χ3v) is 4.50. The molecule has 6 nitrogen and oxygen atoms in total. The quantitative estimate of drug-likeness (QED) is 0.517. The van der Waals surface area contributed by atoms with E-state index in [2.05, 4.69) is 15.6 Å². The van der Waals surface area contributed by atoms with Crippen LogP contribution in [0.5, 0.6) is 11.5 Å². The molecule has 2 rings (SSSR count). The Bertz CT molecular complexity index is 653. The fraction of sp³-hybridized carbons (Fsp3) is 0.632. The number of aliphatic imine (C=N–C) groups is 1. The summed E-state index contributed by atoms with van der Waals surface area (Å²) in [6.07, 6.45) is -2.85. The van der Waals surface area contributed by atoms with Crippen molar-refractivity contribution in [2.45, 2.75) is 32.0 Å². The van der Waals surface area contributed by atoms with Crippen LogP contribution in [-0.4, -0.2) is 70.0 Å². The van der Waals surface area contributed by atoms with Gasteiger partial charge in [-0.2, -0.15) is 13.2 Å². The number of nitrogens with zero attached hydrogens (tertiary/aromatic N) is 2. The zero-order chi connectivity index (χ0) is 20.6. The van der Waals surface area contributed by atoms with Gasteiger partial charge in [0.25, 0.3) is 0 Å². The Kier molecular flexibility index (Phi) is 8.22. The second kappa shape index (κ2) is 10.4. The molecule has 2 N–H and O–H groups in total. The van der Waals surface area contributed by atoms with Gasteiger partial charge in [0.1, 0.15) is 11.5 Å². The molecule has 1 aliphatic rings. The second-order valence-electron chi connectivity index (χ2n) is 6.67. The monoisotopic (exact) mass is 402 g/mol. The summed E-state index contributed by atoms with van der Waals surface area (Å²) < 4.78 is 48.3. The third kappa shape index (κ3) is 7.10. The lowest BCUT2D eigenvalue weighted by atomic mass is 10.1. The van der Waals surface area contributed by atoms with E-state index in [0.29, 0.717) is 45.0 Å². The van der Waals surface area contributed by atoms with Crippen molar-refractivity contribution in [1.29, 1.82) is 0 Å². The first-order valence-corrected chi connectivity index (χ1v) is 9.39. The number of hydrogen-bond donors (Lipinski definition) is 2. The van der Waals surface area contributed by atoms with Crippen LogP contribution in [0.3, 0.4) is 0 Å². The van der Waals surface area contributed by atoms with Gasteiger partial charge in [-0.25, -0.2) is 0 Å². The van der Waals surface area contributed by atoms with Crippen molar-refractivity contribution >= 4 is 5.96 Å². The summed E-state index contributed by atoms with van der Waals surface area (Å²) in [5.74, 6) is 2.14. The zero-order valence-corrected chi connectivity index (χ0v) is 16.6. The van der Waals surface area contributed by atoms with Crippen LogP contribution in [0.25, 0.3) is 0 Å². The minimum absolute atomic E-state index is 0.0495. The Morgan fingerprint density at radius 1 is 1.29 bits per heavy atom. The molecule has 1 aromatic rings. The number of rotatable bonds is 8. The number of benzene rings is 1. The van der Waals surface area contributed by atoms with Crippen molar-refractivity contribution < 1.29 is 22.6 Å². The molecule has 0 radical (unpaired) electrons. The molecule has 0 spiro atoms. The number of guanidine groups is 1. The van der Waals surface area contributed by atoms with Crippen LogP contribution in [0.1, 0.15) is 18.9 Å². The average Bonchev–Trinajstić information content (AvgIpc) is 3.06. The van der Waals surface area contributed by atoms with Gasteiger partial charge in [-0.1, -0.05) is 0 Å². The fourth-order valence-corrected chi connectivity index (χ4v) is 3.23. The molecule has 1 unspecified atom stereocenters. The Balaban J connectivity index is 1.92. The molecular weight excluding hydrogens is 373 g/mol. The first-order chi connectivity index (χ1) is 13.3. The summed E-state index contributed by atoms with van der Waals surface area (Å²) in [7, 11) is 3.23. The minimum atomic E-state index is -4.16. The van der Waals surface area contributed by atoms with E-state index in [4.69, 9.17) is 9.47 Å². The fourth-order valence-electron chi connectivity index (χ4n) is 3.23. The van der Waals surface area contributed by atoms with Gasteiger partial charge < -0.3 is 20.1 Å². The molecule has 1 aliphatic heterocycles. The van der Waals surface area contributed by atoms with Crippen LogP contribution >= 0.6 is 0 Å². The van der Waals surface area contributed by atoms with Crippen molar-refractivity contribution in [2.24, 2.45) is 4.99 Å². The number of alkyl halides is 3. The summed E-state index contributed by atoms with van der Waals surface area (Å²) in [5.41, 5.74) is 0.985. The van der Waals surface area contributed by atoms with E-state index in [9.17, 15) is 13.2 Å². The normalized spacial score (nSPS) is 18.2. The van der Waals surface area contributed by atoms with E-state index >= 15 is 0 Å². The van der Waals surface area contributed by atoms with Crippen LogP contribution < -0.4 is 20.1 Å². The lowest BCUT2D eigenvalue weighted by Crippen LogP contribution is -2.45. The summed E-state index contributed by atoms with van der Waals surface area (Å²) in [6, 6.07) is 5.56. The number of halogens is 3. The van der Waals surface area contributed by atoms with Crippen LogP contribution in [0.2, 0.25) is 0 Å². The van der Waals surface area contributed by atoms with Gasteiger partial charge >= 0.3 is 6.18 Å². The van der Waals surface area contributed by atoms with Gasteiger partial charge in [0.15, 0.2) is 5.96 Å². The highest BCUT2D eigenvalue weighted by atomic mass is 19.4. The lowest BCUT2D eigenvalue weighted by Gasteiger charge is -2.19. The standard InChI is InChI=1S/C19H29F3N4O2/c1-4-23-18(25-15-8-10-26(12-15)13-19(20,21)22)24-9-7-14-11-16(27-2)5-6-17(14)28-3/h5-6,11,15H,4,7-10,12-13H2,1-3H3,(H2,23,24,25). The molecule has 28 heavy (non-hydrogen) atoms. The van der Waals surface area contributed by atoms with E-state index in [1.165, 1.54) is 4.90 Å². The zero-order valence-electron chi connectivity index (χ0n) is 16.6. The van der Waals surface area contributed by atoms with E-state index in [0.717, 1.165) is 17.1 Å². The van der Waals surface area contributed by atoms with Crippen LogP contribution in [0.4, 0.5) is 13.2 Å². The average molecular weight is 402 g/mol. The van der Waals surface area contributed by atoms with E-state index in [1.807, 2.05) is 25.1 Å². The molecular formula is C19H29F3N4O2. The first-order valence-electron chi connectivity index (χ1n) is 9.39. The molecule has 1 fully saturated rings. The topological polar surface area (TPSA) is 58.1 Å². The second-order valence-corrected chi connectivity index (χ2v) is 6.67. The molecule has 1 atom stereocenters. The maximum atomic E-state index is 12.5. The highest BCUT2D eigenvalue weighted by Gasteiger charge is 2.34. The lowest BCUT2D eigenvalue weighted by molar-refractivity contribution is -0.143. The maximum absolute atomic E-state index is 12.5. The van der Waals surface area contributed by atoms with Gasteiger partial charge in [-0.3, -0.25) is 9.89 Å². The number of likely N-dealkylation sites (tertiary alicyclic amines) is 1. The van der Waals surface area contributed by atoms with Crippen molar-refractivity contribution in [3.8, 4) is 11.5 Å². The summed E-state index contributed by atoms with van der Waals surface area (Å²) >= 11 is 0. The molecule has 0 aliphatic carbocycles. The number of hydrogen-bond acceptors (Lipinski definition) is 4. The molecule has 0 saturated carbocycles. The van der Waals surface area contributed by atoms with E-state index in [1.54, 1.807) is 14.2 Å². The molecule has 1 heterocycles. The molecule has 158 valence electrons. The Morgan fingerprint density at radius 2 is 2.07 bits per heavy atom. The molecule has 1 saturated heterocycles. The largest absolute Gasteiger partial charge is 0.497 e. The SMILES string of the molecule is CCNC(=NCCc1cc(OC)ccc1OC)NC1CCN(CC(F)(F)F)C1. The maximum Gasteiger partial charge on any atom is 0.401 e. The van der Waals surface area contributed by atoms with Crippen molar-refractivity contribution in [1.82, 2.24) is 15.5 Å². The van der Waals surface area contributed by atoms with E-state index < -0.39 is 12.7 Å². The minimum Gasteiger partial charge on any atom is -0.497 e. The molecule has 9 heteroatoms. The summed E-state index contributed by atoms with van der Waals surface area (Å²) in [4.78, 5) is 5.98. The molecule has 0 bridgehead atoms. The Morgan fingerprint density at radius 3 is 2.71 bits per heavy atom. The van der Waals surface area contributed by atoms with Crippen LogP contribution in [0.15, 0.2) is 23.2 Å². The van der Waals surface area contributed by atoms with Crippen LogP contribution in [0, 0.1) is 0 Å². The molecule has 0 aromatic heterocycles. The number of nitrogens with one attached hydrogen (secondary N) is 2. The summed E-state index contributed by atoms with van der Waals surface area (Å²) in [6.45, 7) is 3.05. The Labute approximate surface area is 164 Å². The molecule has 1 aromatic carbocycles. The predicted molar refractivity (Wildman–Crippen MR) is 103 cm³/mol. The van der Waals surface area contributed by atoms with Crippen LogP contribution in [-0.2, 0) is 6.42 Å². The smallest absolute Gasteiger partial charge is 0.401 e. The highest BCUT2D eigenvalue weighted by Crippen LogP contribution is 2.24. The number of ether oxygens (including phenoxy) is 2. The first kappa shape index (κ1) is 22.1. The van der Waals surface area contributed by atoms with Crippen molar-refractivity contribution in [3.05, 3.63) is 23.8 Å². The highest BCUT2D eigenvalue weighted by molar-refractivity contribution is 5.80. The number of methoxy groups -OCH3 is 2. The van der Waals surface area contributed by atoms with Gasteiger partial charge in [0.2, 0.25) is 0 Å². The summed E-state index contributed by atoms with van der Waals surface area (Å²) in [5, 5.41) is 6.40. The van der Waals surface area contributed by atoms with Gasteiger partial charge in [-0.05, 0) is 43.5 Å². The molecule has 0 amide bonds. The van der Waals surface area contributed by atoms with E-state index in [-0.39, 0.29) is 6.04 Å². The van der Waals surface area contributed by atoms with Crippen molar-refractivity contribution in [3.63, 3.8) is 0 Å². The predicted octanol–water partition coefficient (Wildman–Crippen LogP) is 2.44. The van der Waals surface area contributed by atoms with Gasteiger partial charge in [0.05, 0.1) is 20.8 Å². The van der Waals surface area contributed by atoms with Gasteiger partial charge in [-0.15, -0.1) is 0 Å². The van der Waals surface area contributed by atoms with Crippen molar-refractivity contribution in [2.75, 3.05) is 46.9 Å². The van der Waals surface area contributed by atoms with Gasteiger partial charge in [0, 0.05) is 32.2 Å².